The van der Waals surface area contributed by atoms with E-state index in [1.165, 1.54) is 17.0 Å². The van der Waals surface area contributed by atoms with Crippen molar-refractivity contribution in [2.45, 2.75) is 18.9 Å². The van der Waals surface area contributed by atoms with E-state index in [1.54, 1.807) is 7.05 Å². The van der Waals surface area contributed by atoms with Crippen molar-refractivity contribution in [1.82, 2.24) is 14.9 Å². The molecule has 0 radical (unpaired) electrons. The SMILES string of the molecule is Cn1cnc(N2CC(C(=O)NC3CC3)C2)cc1=O. The van der Waals surface area contributed by atoms with Crippen molar-refractivity contribution >= 4 is 11.7 Å². The average Bonchev–Trinajstić information content (AvgIpc) is 3.05. The molecule has 2 fully saturated rings. The molecule has 2 aliphatic rings. The zero-order valence-corrected chi connectivity index (χ0v) is 10.3. The lowest BCUT2D eigenvalue weighted by atomic mass is 9.99. The predicted molar refractivity (Wildman–Crippen MR) is 66.3 cm³/mol. The summed E-state index contributed by atoms with van der Waals surface area (Å²) in [5.74, 6) is 0.836. The zero-order valence-electron chi connectivity index (χ0n) is 10.3. The van der Waals surface area contributed by atoms with Crippen molar-refractivity contribution in [3.05, 3.63) is 22.7 Å². The highest BCUT2D eigenvalue weighted by Gasteiger charge is 2.36. The van der Waals surface area contributed by atoms with E-state index in [2.05, 4.69) is 10.3 Å². The first-order valence-corrected chi connectivity index (χ1v) is 6.21. The third-order valence-corrected chi connectivity index (χ3v) is 3.46. The average molecular weight is 248 g/mol. The summed E-state index contributed by atoms with van der Waals surface area (Å²) >= 11 is 0. The molecule has 2 heterocycles. The van der Waals surface area contributed by atoms with Crippen LogP contribution in [-0.4, -0.2) is 34.6 Å². The van der Waals surface area contributed by atoms with E-state index < -0.39 is 0 Å². The van der Waals surface area contributed by atoms with Crippen molar-refractivity contribution in [2.24, 2.45) is 13.0 Å². The highest BCUT2D eigenvalue weighted by molar-refractivity contribution is 5.82. The molecule has 18 heavy (non-hydrogen) atoms. The zero-order chi connectivity index (χ0) is 12.7. The van der Waals surface area contributed by atoms with Gasteiger partial charge in [-0.2, -0.15) is 0 Å². The number of hydrogen-bond donors (Lipinski definition) is 1. The molecule has 3 rings (SSSR count). The van der Waals surface area contributed by atoms with Crippen molar-refractivity contribution in [1.29, 1.82) is 0 Å². The number of hydrogen-bond acceptors (Lipinski definition) is 4. The number of aromatic nitrogens is 2. The summed E-state index contributed by atoms with van der Waals surface area (Å²) < 4.78 is 1.43. The molecule has 0 bridgehead atoms. The molecule has 0 unspecified atom stereocenters. The maximum atomic E-state index is 11.7. The smallest absolute Gasteiger partial charge is 0.255 e. The molecule has 0 atom stereocenters. The lowest BCUT2D eigenvalue weighted by Crippen LogP contribution is -2.54. The van der Waals surface area contributed by atoms with Crippen LogP contribution in [0.5, 0.6) is 0 Å². The van der Waals surface area contributed by atoms with Crippen molar-refractivity contribution < 1.29 is 4.79 Å². The standard InChI is InChI=1S/C12H16N4O2/c1-15-7-13-10(4-11(15)17)16-5-8(6-16)12(18)14-9-2-3-9/h4,7-9H,2-3,5-6H2,1H3,(H,14,18). The lowest BCUT2D eigenvalue weighted by Gasteiger charge is -2.39. The Morgan fingerprint density at radius 2 is 2.17 bits per heavy atom. The summed E-state index contributed by atoms with van der Waals surface area (Å²) in [6.07, 6.45) is 3.73. The lowest BCUT2D eigenvalue weighted by molar-refractivity contribution is -0.125. The van der Waals surface area contributed by atoms with E-state index >= 15 is 0 Å². The minimum absolute atomic E-state index is 0.0384. The monoisotopic (exact) mass is 248 g/mol. The van der Waals surface area contributed by atoms with Crippen LogP contribution in [0, 0.1) is 5.92 Å². The summed E-state index contributed by atoms with van der Waals surface area (Å²) in [4.78, 5) is 29.4. The fourth-order valence-corrected chi connectivity index (χ4v) is 2.00. The van der Waals surface area contributed by atoms with Gasteiger partial charge in [-0.1, -0.05) is 0 Å². The second-order valence-electron chi connectivity index (χ2n) is 5.08. The summed E-state index contributed by atoms with van der Waals surface area (Å²) in [6, 6.07) is 1.92. The number of carbonyl (C=O) groups is 1. The van der Waals surface area contributed by atoms with Crippen LogP contribution < -0.4 is 15.8 Å². The number of nitrogens with zero attached hydrogens (tertiary/aromatic N) is 3. The molecule has 1 saturated carbocycles. The fourth-order valence-electron chi connectivity index (χ4n) is 2.00. The number of aryl methyl sites for hydroxylation is 1. The van der Waals surface area contributed by atoms with Gasteiger partial charge in [0, 0.05) is 32.2 Å². The van der Waals surface area contributed by atoms with Gasteiger partial charge in [0.25, 0.3) is 5.56 Å². The molecular formula is C12H16N4O2. The largest absolute Gasteiger partial charge is 0.355 e. The van der Waals surface area contributed by atoms with Crippen LogP contribution in [0.15, 0.2) is 17.2 Å². The molecule has 1 aromatic heterocycles. The fraction of sp³-hybridized carbons (Fsp3) is 0.583. The second-order valence-corrected chi connectivity index (χ2v) is 5.08. The van der Waals surface area contributed by atoms with Crippen LogP contribution in [0.1, 0.15) is 12.8 Å². The summed E-state index contributed by atoms with van der Waals surface area (Å²) in [5, 5.41) is 3.00. The topological polar surface area (TPSA) is 67.2 Å². The first-order valence-electron chi connectivity index (χ1n) is 6.21. The Hall–Kier alpha value is -1.85. The Morgan fingerprint density at radius 3 is 2.78 bits per heavy atom. The first-order chi connectivity index (χ1) is 8.63. The number of rotatable bonds is 3. The van der Waals surface area contributed by atoms with Gasteiger partial charge in [0.15, 0.2) is 0 Å². The van der Waals surface area contributed by atoms with Gasteiger partial charge in [-0.25, -0.2) is 4.98 Å². The van der Waals surface area contributed by atoms with Crippen LogP contribution in [0.4, 0.5) is 5.82 Å². The maximum Gasteiger partial charge on any atom is 0.255 e. The van der Waals surface area contributed by atoms with Gasteiger partial charge in [-0.3, -0.25) is 9.59 Å². The third-order valence-electron chi connectivity index (χ3n) is 3.46. The Morgan fingerprint density at radius 1 is 1.44 bits per heavy atom. The normalized spacial score (nSPS) is 19.5. The molecular weight excluding hydrogens is 232 g/mol. The van der Waals surface area contributed by atoms with E-state index in [1.807, 2.05) is 4.90 Å². The number of nitrogens with one attached hydrogen (secondary N) is 1. The van der Waals surface area contributed by atoms with Crippen molar-refractivity contribution in [3.63, 3.8) is 0 Å². The Labute approximate surface area is 105 Å². The quantitative estimate of drug-likeness (QED) is 0.782. The van der Waals surface area contributed by atoms with Crippen LogP contribution in [0.3, 0.4) is 0 Å². The molecule has 1 amide bonds. The highest BCUT2D eigenvalue weighted by Crippen LogP contribution is 2.24. The first kappa shape index (κ1) is 11.3. The Bertz CT molecular complexity index is 529. The van der Waals surface area contributed by atoms with Crippen molar-refractivity contribution in [3.8, 4) is 0 Å². The van der Waals surface area contributed by atoms with Gasteiger partial charge < -0.3 is 14.8 Å². The molecule has 1 aliphatic carbocycles. The molecule has 0 aromatic carbocycles. The van der Waals surface area contributed by atoms with Gasteiger partial charge in [-0.15, -0.1) is 0 Å². The maximum absolute atomic E-state index is 11.7. The van der Waals surface area contributed by atoms with Gasteiger partial charge in [0.05, 0.1) is 12.2 Å². The van der Waals surface area contributed by atoms with Crippen LogP contribution in [-0.2, 0) is 11.8 Å². The van der Waals surface area contributed by atoms with Gasteiger partial charge in [0.2, 0.25) is 5.91 Å². The van der Waals surface area contributed by atoms with E-state index in [4.69, 9.17) is 0 Å². The number of anilines is 1. The van der Waals surface area contributed by atoms with E-state index in [0.717, 1.165) is 12.8 Å². The summed E-state index contributed by atoms with van der Waals surface area (Å²) in [7, 11) is 1.67. The van der Waals surface area contributed by atoms with Crippen LogP contribution >= 0.6 is 0 Å². The molecule has 96 valence electrons. The minimum Gasteiger partial charge on any atom is -0.355 e. The molecule has 0 spiro atoms. The Balaban J connectivity index is 1.59. The molecule has 1 N–H and O–H groups in total. The van der Waals surface area contributed by atoms with Crippen molar-refractivity contribution in [2.75, 3.05) is 18.0 Å². The van der Waals surface area contributed by atoms with Crippen LogP contribution in [0.2, 0.25) is 0 Å². The summed E-state index contributed by atoms with van der Waals surface area (Å²) in [5.41, 5.74) is -0.0779. The number of amides is 1. The van der Waals surface area contributed by atoms with Gasteiger partial charge >= 0.3 is 0 Å². The van der Waals surface area contributed by atoms with Gasteiger partial charge in [-0.05, 0) is 12.8 Å². The third kappa shape index (κ3) is 2.10. The van der Waals surface area contributed by atoms with E-state index in [9.17, 15) is 9.59 Å². The Kier molecular flexibility index (Phi) is 2.57. The molecule has 1 aromatic rings. The number of carbonyl (C=O) groups excluding carboxylic acids is 1. The highest BCUT2D eigenvalue weighted by atomic mass is 16.2. The molecule has 6 nitrogen and oxygen atoms in total. The molecule has 1 aliphatic heterocycles. The molecule has 6 heteroatoms. The molecule has 1 saturated heterocycles. The minimum atomic E-state index is -0.0779. The second kappa shape index (κ2) is 4.12. The summed E-state index contributed by atoms with van der Waals surface area (Å²) in [6.45, 7) is 1.30. The predicted octanol–water partition coefficient (Wildman–Crippen LogP) is -0.505. The van der Waals surface area contributed by atoms with Crippen LogP contribution in [0.25, 0.3) is 0 Å². The van der Waals surface area contributed by atoms with E-state index in [-0.39, 0.29) is 17.4 Å². The van der Waals surface area contributed by atoms with Gasteiger partial charge in [0.1, 0.15) is 5.82 Å². The van der Waals surface area contributed by atoms with E-state index in [0.29, 0.717) is 24.9 Å².